The zero-order chi connectivity index (χ0) is 17.8. The van der Waals surface area contributed by atoms with E-state index in [1.165, 1.54) is 16.8 Å². The van der Waals surface area contributed by atoms with Crippen LogP contribution in [0.15, 0.2) is 63.8 Å². The van der Waals surface area contributed by atoms with E-state index in [1.54, 1.807) is 0 Å². The molecule has 2 aromatic heterocycles. The van der Waals surface area contributed by atoms with Gasteiger partial charge in [0.05, 0.1) is 12.6 Å². The lowest BCUT2D eigenvalue weighted by molar-refractivity contribution is 0.0927. The molecule has 0 saturated carbocycles. The van der Waals surface area contributed by atoms with Crippen LogP contribution in [0.5, 0.6) is 0 Å². The highest BCUT2D eigenvalue weighted by Crippen LogP contribution is 2.15. The highest BCUT2D eigenvalue weighted by molar-refractivity contribution is 5.92. The average molecular weight is 337 g/mol. The van der Waals surface area contributed by atoms with Crippen molar-refractivity contribution < 1.29 is 9.21 Å². The summed E-state index contributed by atoms with van der Waals surface area (Å²) in [6.07, 6.45) is 0. The lowest BCUT2D eigenvalue weighted by Gasteiger charge is -2.12. The maximum Gasteiger partial charge on any atom is 0.272 e. The number of nitrogens with one attached hydrogen (secondary N) is 1. The van der Waals surface area contributed by atoms with Crippen molar-refractivity contribution in [3.63, 3.8) is 0 Å². The van der Waals surface area contributed by atoms with Crippen LogP contribution in [0, 0.1) is 6.92 Å². The first-order valence-electron chi connectivity index (χ1n) is 8.02. The Kier molecular flexibility index (Phi) is 4.79. The molecule has 1 N–H and O–H groups in total. The fraction of sp³-hybridized carbons (Fsp3) is 0.211. The predicted octanol–water partition coefficient (Wildman–Crippen LogP) is 2.68. The van der Waals surface area contributed by atoms with Gasteiger partial charge in [0.1, 0.15) is 17.2 Å². The fourth-order valence-electron chi connectivity index (χ4n) is 2.47. The number of hydrogen-bond acceptors (Lipinski definition) is 4. The second-order valence-corrected chi connectivity index (χ2v) is 5.84. The maximum atomic E-state index is 12.4. The van der Waals surface area contributed by atoms with Gasteiger partial charge in [-0.25, -0.2) is 4.68 Å². The molecule has 0 aliphatic heterocycles. The van der Waals surface area contributed by atoms with Crippen LogP contribution in [0.2, 0.25) is 0 Å². The summed E-state index contributed by atoms with van der Waals surface area (Å²) in [7, 11) is 0. The first-order chi connectivity index (χ1) is 12.0. The number of rotatable bonds is 5. The van der Waals surface area contributed by atoms with Gasteiger partial charge in [-0.05, 0) is 37.6 Å². The van der Waals surface area contributed by atoms with Crippen molar-refractivity contribution in [1.82, 2.24) is 15.1 Å². The normalized spacial score (nSPS) is 11.9. The molecule has 0 aliphatic rings. The molecule has 1 aromatic carbocycles. The van der Waals surface area contributed by atoms with E-state index in [2.05, 4.69) is 10.4 Å². The minimum atomic E-state index is -0.358. The van der Waals surface area contributed by atoms with Gasteiger partial charge in [-0.3, -0.25) is 9.59 Å². The summed E-state index contributed by atoms with van der Waals surface area (Å²) in [4.78, 5) is 24.4. The fourth-order valence-corrected chi connectivity index (χ4v) is 2.47. The monoisotopic (exact) mass is 337 g/mol. The van der Waals surface area contributed by atoms with Gasteiger partial charge in [-0.1, -0.05) is 30.3 Å². The van der Waals surface area contributed by atoms with E-state index in [0.717, 1.165) is 11.3 Å². The summed E-state index contributed by atoms with van der Waals surface area (Å²) >= 11 is 0. The zero-order valence-electron chi connectivity index (χ0n) is 14.1. The minimum absolute atomic E-state index is 0.186. The molecule has 0 fully saturated rings. The summed E-state index contributed by atoms with van der Waals surface area (Å²) in [5.41, 5.74) is 0.870. The summed E-state index contributed by atoms with van der Waals surface area (Å²) in [5.74, 6) is 1.09. The van der Waals surface area contributed by atoms with Crippen molar-refractivity contribution >= 4 is 5.91 Å². The molecule has 0 spiro atoms. The maximum absolute atomic E-state index is 12.4. The van der Waals surface area contributed by atoms with Gasteiger partial charge in [0, 0.05) is 6.07 Å². The van der Waals surface area contributed by atoms with Crippen LogP contribution in [0.4, 0.5) is 0 Å². The molecule has 0 saturated heterocycles. The van der Waals surface area contributed by atoms with Crippen LogP contribution in [0.1, 0.15) is 40.5 Å². The summed E-state index contributed by atoms with van der Waals surface area (Å²) < 4.78 is 6.80. The van der Waals surface area contributed by atoms with E-state index in [9.17, 15) is 9.59 Å². The Hall–Kier alpha value is -3.15. The van der Waals surface area contributed by atoms with E-state index in [0.29, 0.717) is 12.3 Å². The molecule has 0 unspecified atom stereocenters. The van der Waals surface area contributed by atoms with Gasteiger partial charge in [0.15, 0.2) is 0 Å². The zero-order valence-corrected chi connectivity index (χ0v) is 14.1. The van der Waals surface area contributed by atoms with Crippen LogP contribution in [0.25, 0.3) is 0 Å². The highest BCUT2D eigenvalue weighted by Gasteiger charge is 2.16. The molecule has 0 bridgehead atoms. The van der Waals surface area contributed by atoms with E-state index in [1.807, 2.05) is 56.3 Å². The number of nitrogens with zero attached hydrogens (tertiary/aromatic N) is 2. The van der Waals surface area contributed by atoms with Crippen molar-refractivity contribution in [3.05, 3.63) is 87.7 Å². The number of aromatic nitrogens is 2. The number of amides is 1. The standard InChI is InChI=1S/C19H19N3O3/c1-13-8-10-17(25-13)14(2)20-19(24)16-9-11-18(23)22(21-16)12-15-6-4-3-5-7-15/h3-11,14H,12H2,1-2H3,(H,20,24)/t14-/m0/s1. The quantitative estimate of drug-likeness (QED) is 0.776. The molecular formula is C19H19N3O3. The van der Waals surface area contributed by atoms with Crippen LogP contribution >= 0.6 is 0 Å². The van der Waals surface area contributed by atoms with E-state index < -0.39 is 0 Å². The largest absolute Gasteiger partial charge is 0.464 e. The Labute approximate surface area is 145 Å². The third-order valence-corrected chi connectivity index (χ3v) is 3.81. The summed E-state index contributed by atoms with van der Waals surface area (Å²) in [6, 6.07) is 15.7. The van der Waals surface area contributed by atoms with Crippen molar-refractivity contribution in [1.29, 1.82) is 0 Å². The van der Waals surface area contributed by atoms with Gasteiger partial charge in [0.25, 0.3) is 11.5 Å². The number of furan rings is 1. The summed E-state index contributed by atoms with van der Waals surface area (Å²) in [6.45, 7) is 3.99. The molecule has 25 heavy (non-hydrogen) atoms. The van der Waals surface area contributed by atoms with Gasteiger partial charge >= 0.3 is 0 Å². The van der Waals surface area contributed by atoms with Crippen LogP contribution in [-0.4, -0.2) is 15.7 Å². The summed E-state index contributed by atoms with van der Waals surface area (Å²) in [5, 5.41) is 7.01. The molecule has 6 nitrogen and oxygen atoms in total. The van der Waals surface area contributed by atoms with E-state index in [-0.39, 0.29) is 23.2 Å². The topological polar surface area (TPSA) is 77.1 Å². The van der Waals surface area contributed by atoms with Crippen molar-refractivity contribution in [2.75, 3.05) is 0 Å². The molecular weight excluding hydrogens is 318 g/mol. The number of carbonyl (C=O) groups excluding carboxylic acids is 1. The molecule has 0 aliphatic carbocycles. The van der Waals surface area contributed by atoms with Gasteiger partial charge < -0.3 is 9.73 Å². The highest BCUT2D eigenvalue weighted by atomic mass is 16.3. The Balaban J connectivity index is 1.77. The molecule has 6 heteroatoms. The molecule has 3 aromatic rings. The average Bonchev–Trinajstić information content (AvgIpc) is 3.04. The lowest BCUT2D eigenvalue weighted by Crippen LogP contribution is -2.31. The minimum Gasteiger partial charge on any atom is -0.464 e. The van der Waals surface area contributed by atoms with Crippen molar-refractivity contribution in [3.8, 4) is 0 Å². The number of benzene rings is 1. The van der Waals surface area contributed by atoms with E-state index in [4.69, 9.17) is 4.42 Å². The first kappa shape index (κ1) is 16.7. The van der Waals surface area contributed by atoms with Crippen LogP contribution in [0.3, 0.4) is 0 Å². The Morgan fingerprint density at radius 3 is 2.60 bits per heavy atom. The number of aryl methyl sites for hydroxylation is 1. The SMILES string of the molecule is Cc1ccc([C@H](C)NC(=O)c2ccc(=O)n(Cc3ccccc3)n2)o1. The van der Waals surface area contributed by atoms with Crippen LogP contribution < -0.4 is 10.9 Å². The smallest absolute Gasteiger partial charge is 0.272 e. The molecule has 3 rings (SSSR count). The molecule has 1 amide bonds. The molecule has 128 valence electrons. The van der Waals surface area contributed by atoms with E-state index >= 15 is 0 Å². The van der Waals surface area contributed by atoms with Gasteiger partial charge in [-0.2, -0.15) is 5.10 Å². The second-order valence-electron chi connectivity index (χ2n) is 5.84. The molecule has 1 atom stereocenters. The Bertz CT molecular complexity index is 928. The predicted molar refractivity (Wildman–Crippen MR) is 93.4 cm³/mol. The Morgan fingerprint density at radius 1 is 1.16 bits per heavy atom. The van der Waals surface area contributed by atoms with Crippen molar-refractivity contribution in [2.24, 2.45) is 0 Å². The molecule has 0 radical (unpaired) electrons. The van der Waals surface area contributed by atoms with Crippen LogP contribution in [-0.2, 0) is 6.54 Å². The number of carbonyl (C=O) groups is 1. The lowest BCUT2D eigenvalue weighted by atomic mass is 10.2. The Morgan fingerprint density at radius 2 is 1.92 bits per heavy atom. The second kappa shape index (κ2) is 7.17. The number of hydrogen-bond donors (Lipinski definition) is 1. The third kappa shape index (κ3) is 4.03. The van der Waals surface area contributed by atoms with Crippen molar-refractivity contribution in [2.45, 2.75) is 26.4 Å². The van der Waals surface area contributed by atoms with Gasteiger partial charge in [-0.15, -0.1) is 0 Å². The molecule has 2 heterocycles. The first-order valence-corrected chi connectivity index (χ1v) is 8.02. The third-order valence-electron chi connectivity index (χ3n) is 3.81. The van der Waals surface area contributed by atoms with Gasteiger partial charge in [0.2, 0.25) is 0 Å².